The first-order valence-electron chi connectivity index (χ1n) is 6.91. The van der Waals surface area contributed by atoms with Gasteiger partial charge in [0.1, 0.15) is 11.9 Å². The Morgan fingerprint density at radius 1 is 1.19 bits per heavy atom. The Kier molecular flexibility index (Phi) is 3.47. The van der Waals surface area contributed by atoms with Crippen LogP contribution in [0.4, 0.5) is 10.1 Å². The number of fused-ring (bicyclic) bond motifs is 1. The first kappa shape index (κ1) is 13.8. The average Bonchev–Trinajstić information content (AvgIpc) is 2.47. The third-order valence-corrected chi connectivity index (χ3v) is 3.75. The van der Waals surface area contributed by atoms with Gasteiger partial charge in [0.15, 0.2) is 0 Å². The molecule has 1 heterocycles. The van der Waals surface area contributed by atoms with Crippen molar-refractivity contribution in [1.82, 2.24) is 0 Å². The predicted octanol–water partition coefficient (Wildman–Crippen LogP) is 3.10. The summed E-state index contributed by atoms with van der Waals surface area (Å²) >= 11 is 0. The smallest absolute Gasteiger partial charge is 0.224 e. The summed E-state index contributed by atoms with van der Waals surface area (Å²) in [6.45, 7) is 1.94. The van der Waals surface area contributed by atoms with E-state index in [-0.39, 0.29) is 11.6 Å². The van der Waals surface area contributed by atoms with E-state index in [0.29, 0.717) is 18.4 Å². The highest BCUT2D eigenvalue weighted by molar-refractivity contribution is 5.94. The summed E-state index contributed by atoms with van der Waals surface area (Å²) in [6.07, 6.45) is -0.0366. The van der Waals surface area contributed by atoms with Gasteiger partial charge in [-0.1, -0.05) is 35.9 Å². The van der Waals surface area contributed by atoms with Crippen molar-refractivity contribution in [1.29, 1.82) is 0 Å². The van der Waals surface area contributed by atoms with Crippen LogP contribution in [0.5, 0.6) is 0 Å². The second-order valence-corrected chi connectivity index (χ2v) is 5.40. The third-order valence-electron chi connectivity index (χ3n) is 3.75. The molecule has 0 bridgehead atoms. The van der Waals surface area contributed by atoms with Crippen LogP contribution < -0.4 is 5.32 Å². The minimum Gasteiger partial charge on any atom is -0.384 e. The zero-order chi connectivity index (χ0) is 15.0. The third kappa shape index (κ3) is 2.67. The summed E-state index contributed by atoms with van der Waals surface area (Å²) in [5.74, 6) is -0.671. The Bertz CT molecular complexity index is 712. The first-order valence-corrected chi connectivity index (χ1v) is 6.91. The lowest BCUT2D eigenvalue weighted by atomic mass is 9.94. The Morgan fingerprint density at radius 3 is 2.76 bits per heavy atom. The zero-order valence-corrected chi connectivity index (χ0v) is 11.7. The van der Waals surface area contributed by atoms with E-state index in [4.69, 9.17) is 0 Å². The number of halogens is 1. The number of amides is 1. The maximum absolute atomic E-state index is 14.1. The van der Waals surface area contributed by atoms with E-state index < -0.39 is 11.9 Å². The van der Waals surface area contributed by atoms with Crippen molar-refractivity contribution in [2.45, 2.75) is 25.9 Å². The standard InChI is InChI=1S/C17H16FNO2/c1-10-3-2-4-12(7-10)17(21)13-8-11-5-6-15(20)19-16(11)14(18)9-13/h2-4,7-9,17,21H,5-6H2,1H3,(H,19,20). The van der Waals surface area contributed by atoms with E-state index in [1.807, 2.05) is 31.2 Å². The van der Waals surface area contributed by atoms with Crippen molar-refractivity contribution >= 4 is 11.6 Å². The van der Waals surface area contributed by atoms with Crippen molar-refractivity contribution in [3.05, 3.63) is 64.5 Å². The summed E-state index contributed by atoms with van der Waals surface area (Å²) in [4.78, 5) is 11.3. The van der Waals surface area contributed by atoms with Crippen LogP contribution >= 0.6 is 0 Å². The highest BCUT2D eigenvalue weighted by Gasteiger charge is 2.21. The fraction of sp³-hybridized carbons (Fsp3) is 0.235. The molecule has 0 saturated carbocycles. The molecular weight excluding hydrogens is 269 g/mol. The summed E-state index contributed by atoms with van der Waals surface area (Å²) in [5.41, 5.74) is 3.25. The molecule has 3 nitrogen and oxygen atoms in total. The number of hydrogen-bond acceptors (Lipinski definition) is 2. The van der Waals surface area contributed by atoms with Crippen LogP contribution in [-0.4, -0.2) is 11.0 Å². The number of hydrogen-bond donors (Lipinski definition) is 2. The van der Waals surface area contributed by atoms with Crippen molar-refractivity contribution in [2.75, 3.05) is 5.32 Å². The summed E-state index contributed by atoms with van der Waals surface area (Å²) in [7, 11) is 0. The van der Waals surface area contributed by atoms with Gasteiger partial charge >= 0.3 is 0 Å². The number of aliphatic hydroxyl groups is 1. The molecule has 0 radical (unpaired) electrons. The van der Waals surface area contributed by atoms with Gasteiger partial charge in [0.2, 0.25) is 5.91 Å². The number of anilines is 1. The van der Waals surface area contributed by atoms with E-state index in [9.17, 15) is 14.3 Å². The lowest BCUT2D eigenvalue weighted by Crippen LogP contribution is -2.20. The molecule has 0 spiro atoms. The fourth-order valence-corrected chi connectivity index (χ4v) is 2.66. The second kappa shape index (κ2) is 5.30. The molecule has 2 aromatic rings. The highest BCUT2D eigenvalue weighted by atomic mass is 19.1. The molecule has 0 aliphatic carbocycles. The average molecular weight is 285 g/mol. The minimum atomic E-state index is -0.873. The van der Waals surface area contributed by atoms with Gasteiger partial charge in [0, 0.05) is 6.42 Å². The zero-order valence-electron chi connectivity index (χ0n) is 11.7. The van der Waals surface area contributed by atoms with Crippen molar-refractivity contribution in [3.8, 4) is 0 Å². The van der Waals surface area contributed by atoms with E-state index in [2.05, 4.69) is 5.32 Å². The molecule has 108 valence electrons. The molecule has 3 rings (SSSR count). The topological polar surface area (TPSA) is 49.3 Å². The van der Waals surface area contributed by atoms with Crippen LogP contribution in [0.25, 0.3) is 0 Å². The Hall–Kier alpha value is -2.20. The van der Waals surface area contributed by atoms with Crippen LogP contribution in [0.1, 0.15) is 34.8 Å². The number of carbonyl (C=O) groups excluding carboxylic acids is 1. The number of nitrogens with one attached hydrogen (secondary N) is 1. The maximum atomic E-state index is 14.1. The Balaban J connectivity index is 2.00. The van der Waals surface area contributed by atoms with Crippen molar-refractivity contribution < 1.29 is 14.3 Å². The first-order chi connectivity index (χ1) is 10.0. The lowest BCUT2D eigenvalue weighted by Gasteiger charge is -2.20. The van der Waals surface area contributed by atoms with Crippen LogP contribution in [0.15, 0.2) is 36.4 Å². The molecule has 1 aliphatic rings. The SMILES string of the molecule is Cc1cccc(C(O)c2cc(F)c3c(c2)CCC(=O)N3)c1. The van der Waals surface area contributed by atoms with Gasteiger partial charge in [-0.05, 0) is 36.1 Å². The van der Waals surface area contributed by atoms with Gasteiger partial charge in [0.25, 0.3) is 0 Å². The van der Waals surface area contributed by atoms with E-state index in [0.717, 1.165) is 16.7 Å². The largest absolute Gasteiger partial charge is 0.384 e. The molecule has 1 unspecified atom stereocenters. The lowest BCUT2D eigenvalue weighted by molar-refractivity contribution is -0.116. The minimum absolute atomic E-state index is 0.173. The van der Waals surface area contributed by atoms with E-state index in [1.54, 1.807) is 6.07 Å². The van der Waals surface area contributed by atoms with Crippen LogP contribution in [0.2, 0.25) is 0 Å². The summed E-state index contributed by atoms with van der Waals surface area (Å²) in [6, 6.07) is 10.6. The quantitative estimate of drug-likeness (QED) is 0.890. The molecule has 1 atom stereocenters. The molecule has 2 aromatic carbocycles. The number of benzene rings is 2. The normalized spacial score (nSPS) is 15.3. The van der Waals surface area contributed by atoms with Crippen molar-refractivity contribution in [2.24, 2.45) is 0 Å². The summed E-state index contributed by atoms with van der Waals surface area (Å²) in [5, 5.41) is 13.0. The summed E-state index contributed by atoms with van der Waals surface area (Å²) < 4.78 is 14.1. The molecule has 0 saturated heterocycles. The Labute approximate surface area is 122 Å². The van der Waals surface area contributed by atoms with E-state index in [1.165, 1.54) is 6.07 Å². The van der Waals surface area contributed by atoms with Gasteiger partial charge < -0.3 is 10.4 Å². The molecule has 1 aliphatic heterocycles. The number of aryl methyl sites for hydroxylation is 2. The molecule has 4 heteroatoms. The number of rotatable bonds is 2. The molecule has 21 heavy (non-hydrogen) atoms. The molecule has 0 aromatic heterocycles. The van der Waals surface area contributed by atoms with Gasteiger partial charge in [0.05, 0.1) is 5.69 Å². The van der Waals surface area contributed by atoms with Gasteiger partial charge in [-0.25, -0.2) is 4.39 Å². The van der Waals surface area contributed by atoms with Crippen LogP contribution in [-0.2, 0) is 11.2 Å². The van der Waals surface area contributed by atoms with Crippen LogP contribution in [0.3, 0.4) is 0 Å². The highest BCUT2D eigenvalue weighted by Crippen LogP contribution is 2.31. The Morgan fingerprint density at radius 2 is 2.00 bits per heavy atom. The second-order valence-electron chi connectivity index (χ2n) is 5.40. The van der Waals surface area contributed by atoms with Gasteiger partial charge in [-0.3, -0.25) is 4.79 Å². The number of carbonyl (C=O) groups is 1. The number of aliphatic hydroxyl groups excluding tert-OH is 1. The predicted molar refractivity (Wildman–Crippen MR) is 78.6 cm³/mol. The monoisotopic (exact) mass is 285 g/mol. The molecular formula is C17H16FNO2. The van der Waals surface area contributed by atoms with Gasteiger partial charge in [-0.15, -0.1) is 0 Å². The van der Waals surface area contributed by atoms with Crippen LogP contribution in [0, 0.1) is 12.7 Å². The molecule has 2 N–H and O–H groups in total. The molecule has 0 fully saturated rings. The fourth-order valence-electron chi connectivity index (χ4n) is 2.66. The molecule has 1 amide bonds. The van der Waals surface area contributed by atoms with Gasteiger partial charge in [-0.2, -0.15) is 0 Å². The van der Waals surface area contributed by atoms with E-state index >= 15 is 0 Å². The van der Waals surface area contributed by atoms with Crippen molar-refractivity contribution in [3.63, 3.8) is 0 Å². The maximum Gasteiger partial charge on any atom is 0.224 e.